The molecule has 0 aliphatic heterocycles. The Kier molecular flexibility index (Phi) is 5.72. The molecule has 9 heteroatoms. The molecule has 2 aromatic heterocycles. The number of nitrogens with zero attached hydrogens (tertiary/aromatic N) is 3. The monoisotopic (exact) mass is 387 g/mol. The zero-order chi connectivity index (χ0) is 19.3. The van der Waals surface area contributed by atoms with Crippen molar-refractivity contribution in [2.75, 3.05) is 18.9 Å². The summed E-state index contributed by atoms with van der Waals surface area (Å²) in [4.78, 5) is 13.1. The fourth-order valence-electron chi connectivity index (χ4n) is 2.37. The molecule has 3 aromatic rings. The summed E-state index contributed by atoms with van der Waals surface area (Å²) in [7, 11) is -1.97. The van der Waals surface area contributed by atoms with Crippen LogP contribution in [0.25, 0.3) is 11.5 Å². The van der Waals surface area contributed by atoms with Crippen LogP contribution in [-0.2, 0) is 16.4 Å². The van der Waals surface area contributed by atoms with Crippen LogP contribution in [0.4, 0.5) is 10.2 Å². The highest BCUT2D eigenvalue weighted by Crippen LogP contribution is 2.16. The number of sulfonamides is 1. The highest BCUT2D eigenvalue weighted by molar-refractivity contribution is 7.89. The van der Waals surface area contributed by atoms with Crippen LogP contribution in [0.3, 0.4) is 0 Å². The number of halogens is 1. The van der Waals surface area contributed by atoms with Crippen LogP contribution < -0.4 is 10.0 Å². The average molecular weight is 387 g/mol. The van der Waals surface area contributed by atoms with Crippen molar-refractivity contribution in [3.63, 3.8) is 0 Å². The maximum absolute atomic E-state index is 13.0. The van der Waals surface area contributed by atoms with Crippen LogP contribution in [-0.4, -0.2) is 37.0 Å². The Hall–Kier alpha value is -2.91. The van der Waals surface area contributed by atoms with Gasteiger partial charge in [-0.1, -0.05) is 6.07 Å². The third-order valence-corrected chi connectivity index (χ3v) is 5.20. The van der Waals surface area contributed by atoms with Crippen LogP contribution >= 0.6 is 0 Å². The Morgan fingerprint density at radius 2 is 1.85 bits per heavy atom. The molecule has 3 rings (SSSR count). The average Bonchev–Trinajstić information content (AvgIpc) is 2.68. The lowest BCUT2D eigenvalue weighted by atomic mass is 10.2. The van der Waals surface area contributed by atoms with Gasteiger partial charge in [0.2, 0.25) is 10.0 Å². The van der Waals surface area contributed by atoms with Gasteiger partial charge in [0.05, 0.1) is 4.90 Å². The Balaban J connectivity index is 1.73. The molecule has 27 heavy (non-hydrogen) atoms. The highest BCUT2D eigenvalue weighted by Gasteiger charge is 2.14. The zero-order valence-electron chi connectivity index (χ0n) is 14.6. The molecule has 1 aromatic carbocycles. The van der Waals surface area contributed by atoms with Gasteiger partial charge in [0.15, 0.2) is 5.82 Å². The van der Waals surface area contributed by atoms with Crippen LogP contribution in [0, 0.1) is 5.82 Å². The van der Waals surface area contributed by atoms with Gasteiger partial charge >= 0.3 is 0 Å². The molecule has 0 amide bonds. The number of pyridine rings is 1. The van der Waals surface area contributed by atoms with E-state index in [1.807, 2.05) is 6.07 Å². The minimum Gasteiger partial charge on any atom is -0.373 e. The summed E-state index contributed by atoms with van der Waals surface area (Å²) < 4.78 is 40.0. The first kappa shape index (κ1) is 18.9. The van der Waals surface area contributed by atoms with Gasteiger partial charge in [-0.2, -0.15) is 0 Å². The van der Waals surface area contributed by atoms with E-state index in [1.54, 1.807) is 31.4 Å². The Labute approximate surface area is 156 Å². The van der Waals surface area contributed by atoms with E-state index in [-0.39, 0.29) is 11.4 Å². The first-order valence-electron chi connectivity index (χ1n) is 8.20. The van der Waals surface area contributed by atoms with Crippen molar-refractivity contribution in [2.24, 2.45) is 0 Å². The van der Waals surface area contributed by atoms with E-state index in [2.05, 4.69) is 25.0 Å². The largest absolute Gasteiger partial charge is 0.373 e. The van der Waals surface area contributed by atoms with Crippen molar-refractivity contribution in [3.05, 3.63) is 66.2 Å². The van der Waals surface area contributed by atoms with Crippen LogP contribution in [0.1, 0.15) is 5.69 Å². The molecule has 0 spiro atoms. The van der Waals surface area contributed by atoms with E-state index in [4.69, 9.17) is 0 Å². The van der Waals surface area contributed by atoms with Gasteiger partial charge in [0.1, 0.15) is 17.3 Å². The van der Waals surface area contributed by atoms with E-state index >= 15 is 0 Å². The molecule has 0 atom stereocenters. The number of anilines is 1. The molecule has 0 unspecified atom stereocenters. The predicted molar refractivity (Wildman–Crippen MR) is 100 cm³/mol. The molecule has 0 aliphatic rings. The van der Waals surface area contributed by atoms with E-state index < -0.39 is 15.8 Å². The number of rotatable bonds is 7. The van der Waals surface area contributed by atoms with E-state index in [0.717, 1.165) is 12.1 Å². The second-order valence-corrected chi connectivity index (χ2v) is 7.40. The van der Waals surface area contributed by atoms with Crippen molar-refractivity contribution in [3.8, 4) is 11.5 Å². The first-order valence-corrected chi connectivity index (χ1v) is 9.68. The number of benzene rings is 1. The molecule has 0 saturated heterocycles. The van der Waals surface area contributed by atoms with Crippen molar-refractivity contribution < 1.29 is 12.8 Å². The Morgan fingerprint density at radius 1 is 1.07 bits per heavy atom. The molecule has 0 radical (unpaired) electrons. The first-order chi connectivity index (χ1) is 13.0. The fourth-order valence-corrected chi connectivity index (χ4v) is 3.41. The summed E-state index contributed by atoms with van der Waals surface area (Å²) in [6.07, 6.45) is 2.01. The fraction of sp³-hybridized carbons (Fsp3) is 0.167. The molecule has 140 valence electrons. The van der Waals surface area contributed by atoms with Crippen LogP contribution in [0.5, 0.6) is 0 Å². The summed E-state index contributed by atoms with van der Waals surface area (Å²) in [6, 6.07) is 11.9. The van der Waals surface area contributed by atoms with Crippen molar-refractivity contribution >= 4 is 15.8 Å². The summed E-state index contributed by atoms with van der Waals surface area (Å²) in [6.45, 7) is 0.140. The molecule has 7 nitrogen and oxygen atoms in total. The van der Waals surface area contributed by atoms with E-state index in [1.165, 1.54) is 12.1 Å². The van der Waals surface area contributed by atoms with Gasteiger partial charge in [-0.15, -0.1) is 0 Å². The SMILES string of the molecule is CNc1cc(CCNS(=O)(=O)c2ccc(F)cc2)nc(-c2ccccn2)n1. The smallest absolute Gasteiger partial charge is 0.240 e. The normalized spacial score (nSPS) is 11.3. The standard InChI is InChI=1S/C18H18FN5O2S/c1-20-17-12-14(23-18(24-17)16-4-2-3-10-21-16)9-11-22-27(25,26)15-7-5-13(19)6-8-15/h2-8,10,12,22H,9,11H2,1H3,(H,20,23,24). The minimum atomic E-state index is -3.71. The second kappa shape index (κ2) is 8.19. The summed E-state index contributed by atoms with van der Waals surface area (Å²) in [5.41, 5.74) is 1.29. The Bertz CT molecular complexity index is 1010. The quantitative estimate of drug-likeness (QED) is 0.645. The minimum absolute atomic E-state index is 0.0108. The summed E-state index contributed by atoms with van der Waals surface area (Å²) in [5.74, 6) is 0.581. The van der Waals surface area contributed by atoms with Gasteiger partial charge in [-0.25, -0.2) is 27.5 Å². The van der Waals surface area contributed by atoms with Gasteiger partial charge in [0.25, 0.3) is 0 Å². The van der Waals surface area contributed by atoms with Crippen LogP contribution in [0.15, 0.2) is 59.6 Å². The van der Waals surface area contributed by atoms with E-state index in [0.29, 0.717) is 29.5 Å². The van der Waals surface area contributed by atoms with Gasteiger partial charge < -0.3 is 5.32 Å². The van der Waals surface area contributed by atoms with Crippen molar-refractivity contribution in [1.82, 2.24) is 19.7 Å². The lowest BCUT2D eigenvalue weighted by molar-refractivity contribution is 0.580. The summed E-state index contributed by atoms with van der Waals surface area (Å²) >= 11 is 0. The Morgan fingerprint density at radius 3 is 2.52 bits per heavy atom. The predicted octanol–water partition coefficient (Wildman–Crippen LogP) is 2.24. The number of nitrogens with one attached hydrogen (secondary N) is 2. The lowest BCUT2D eigenvalue weighted by Gasteiger charge is -2.09. The molecule has 2 heterocycles. The molecule has 0 bridgehead atoms. The van der Waals surface area contributed by atoms with Crippen LogP contribution in [0.2, 0.25) is 0 Å². The van der Waals surface area contributed by atoms with Gasteiger partial charge in [-0.05, 0) is 36.4 Å². The summed E-state index contributed by atoms with van der Waals surface area (Å²) in [5, 5.41) is 2.96. The third-order valence-electron chi connectivity index (χ3n) is 3.73. The molecular weight excluding hydrogens is 369 g/mol. The molecule has 0 fully saturated rings. The molecular formula is C18H18FN5O2S. The topological polar surface area (TPSA) is 96.9 Å². The number of hydrogen-bond donors (Lipinski definition) is 2. The maximum atomic E-state index is 13.0. The number of aromatic nitrogens is 3. The molecule has 0 aliphatic carbocycles. The maximum Gasteiger partial charge on any atom is 0.240 e. The molecule has 0 saturated carbocycles. The molecule has 2 N–H and O–H groups in total. The lowest BCUT2D eigenvalue weighted by Crippen LogP contribution is -2.26. The van der Waals surface area contributed by atoms with Crippen molar-refractivity contribution in [1.29, 1.82) is 0 Å². The van der Waals surface area contributed by atoms with Gasteiger partial charge in [-0.3, -0.25) is 4.98 Å². The third kappa shape index (κ3) is 4.83. The zero-order valence-corrected chi connectivity index (χ0v) is 15.4. The number of hydrogen-bond acceptors (Lipinski definition) is 6. The highest BCUT2D eigenvalue weighted by atomic mass is 32.2. The van der Waals surface area contributed by atoms with E-state index in [9.17, 15) is 12.8 Å². The second-order valence-electron chi connectivity index (χ2n) is 5.63. The van der Waals surface area contributed by atoms with Crippen molar-refractivity contribution in [2.45, 2.75) is 11.3 Å². The van der Waals surface area contributed by atoms with Gasteiger partial charge in [0, 0.05) is 38.0 Å².